The van der Waals surface area contributed by atoms with Gasteiger partial charge in [0.25, 0.3) is 0 Å². The third-order valence-corrected chi connectivity index (χ3v) is 3.05. The zero-order valence-electron chi connectivity index (χ0n) is 9.76. The molecule has 2 atom stereocenters. The number of likely N-dealkylation sites (tertiary alicyclic amines) is 1. The monoisotopic (exact) mass is 222 g/mol. The molecule has 5 nitrogen and oxygen atoms in total. The molecule has 0 aliphatic carbocycles. The van der Waals surface area contributed by atoms with Gasteiger partial charge in [0.2, 0.25) is 5.91 Å². The minimum Gasteiger partial charge on any atom is -0.396 e. The van der Waals surface area contributed by atoms with Crippen molar-refractivity contribution in [2.24, 2.45) is 5.92 Å². The highest BCUT2D eigenvalue weighted by molar-refractivity contribution is 5.76. The quantitative estimate of drug-likeness (QED) is 0.802. The lowest BCUT2D eigenvalue weighted by Crippen LogP contribution is -2.36. The Hall–Kier alpha value is -1.52. The standard InChI is InChI=1S/C11H18N4O/c1-8-3-9(2)15(5-8)11(16)7-14-6-10(12)4-13-14/h4,6,8-9H,3,5,7,12H2,1-2H3. The van der Waals surface area contributed by atoms with Gasteiger partial charge in [-0.15, -0.1) is 0 Å². The maximum absolute atomic E-state index is 12.0. The first-order valence-corrected chi connectivity index (χ1v) is 5.63. The molecule has 1 aliphatic rings. The number of aromatic nitrogens is 2. The van der Waals surface area contributed by atoms with E-state index in [0.29, 0.717) is 17.6 Å². The van der Waals surface area contributed by atoms with Crippen molar-refractivity contribution < 1.29 is 4.79 Å². The Kier molecular flexibility index (Phi) is 2.85. The fourth-order valence-electron chi connectivity index (χ4n) is 2.34. The van der Waals surface area contributed by atoms with Gasteiger partial charge in [-0.1, -0.05) is 6.92 Å². The van der Waals surface area contributed by atoms with Crippen LogP contribution < -0.4 is 5.73 Å². The smallest absolute Gasteiger partial charge is 0.244 e. The lowest BCUT2D eigenvalue weighted by molar-refractivity contribution is -0.132. The predicted octanol–water partition coefficient (Wildman–Crippen LogP) is 0.722. The van der Waals surface area contributed by atoms with Crippen LogP contribution in [0.4, 0.5) is 5.69 Å². The lowest BCUT2D eigenvalue weighted by Gasteiger charge is -2.21. The first kappa shape index (κ1) is 11.0. The van der Waals surface area contributed by atoms with Gasteiger partial charge >= 0.3 is 0 Å². The van der Waals surface area contributed by atoms with Crippen molar-refractivity contribution >= 4 is 11.6 Å². The molecule has 0 aromatic carbocycles. The van der Waals surface area contributed by atoms with E-state index in [0.717, 1.165) is 13.0 Å². The summed E-state index contributed by atoms with van der Waals surface area (Å²) >= 11 is 0. The van der Waals surface area contributed by atoms with E-state index in [4.69, 9.17) is 5.73 Å². The van der Waals surface area contributed by atoms with E-state index in [1.54, 1.807) is 17.1 Å². The summed E-state index contributed by atoms with van der Waals surface area (Å²) in [4.78, 5) is 13.9. The second-order valence-corrected chi connectivity index (χ2v) is 4.71. The van der Waals surface area contributed by atoms with E-state index in [9.17, 15) is 4.79 Å². The van der Waals surface area contributed by atoms with Gasteiger partial charge in [0.15, 0.2) is 0 Å². The van der Waals surface area contributed by atoms with E-state index in [1.165, 1.54) is 0 Å². The third-order valence-electron chi connectivity index (χ3n) is 3.05. The number of hydrogen-bond donors (Lipinski definition) is 1. The van der Waals surface area contributed by atoms with E-state index in [2.05, 4.69) is 18.9 Å². The highest BCUT2D eigenvalue weighted by Crippen LogP contribution is 2.22. The summed E-state index contributed by atoms with van der Waals surface area (Å²) in [5, 5.41) is 4.02. The molecule has 2 heterocycles. The zero-order valence-corrected chi connectivity index (χ0v) is 9.76. The summed E-state index contributed by atoms with van der Waals surface area (Å²) in [5.41, 5.74) is 6.14. The van der Waals surface area contributed by atoms with E-state index in [1.807, 2.05) is 4.90 Å². The zero-order chi connectivity index (χ0) is 11.7. The molecule has 1 aromatic rings. The van der Waals surface area contributed by atoms with Gasteiger partial charge in [-0.2, -0.15) is 5.10 Å². The van der Waals surface area contributed by atoms with Crippen LogP contribution in [0.15, 0.2) is 12.4 Å². The molecule has 0 spiro atoms. The number of hydrogen-bond acceptors (Lipinski definition) is 3. The normalized spacial score (nSPS) is 25.0. The van der Waals surface area contributed by atoms with Crippen LogP contribution in [-0.2, 0) is 11.3 Å². The fourth-order valence-corrected chi connectivity index (χ4v) is 2.34. The number of carbonyl (C=O) groups excluding carboxylic acids is 1. The Labute approximate surface area is 95.2 Å². The maximum Gasteiger partial charge on any atom is 0.244 e. The molecule has 16 heavy (non-hydrogen) atoms. The Morgan fingerprint density at radius 3 is 2.88 bits per heavy atom. The van der Waals surface area contributed by atoms with Gasteiger partial charge in [-0.05, 0) is 19.3 Å². The van der Waals surface area contributed by atoms with Gasteiger partial charge < -0.3 is 10.6 Å². The second kappa shape index (κ2) is 4.15. The average molecular weight is 222 g/mol. The molecular formula is C11H18N4O. The van der Waals surface area contributed by atoms with Gasteiger partial charge in [-0.3, -0.25) is 9.48 Å². The van der Waals surface area contributed by atoms with Crippen LogP contribution in [0.25, 0.3) is 0 Å². The van der Waals surface area contributed by atoms with Crippen molar-refractivity contribution in [3.8, 4) is 0 Å². The number of nitrogens with two attached hydrogens (primary N) is 1. The summed E-state index contributed by atoms with van der Waals surface area (Å²) in [6.07, 6.45) is 4.33. The number of amides is 1. The molecule has 0 saturated carbocycles. The summed E-state index contributed by atoms with van der Waals surface area (Å²) in [5.74, 6) is 0.724. The molecule has 1 saturated heterocycles. The van der Waals surface area contributed by atoms with Crippen LogP contribution in [0.1, 0.15) is 20.3 Å². The minimum absolute atomic E-state index is 0.125. The van der Waals surface area contributed by atoms with Crippen molar-refractivity contribution in [1.82, 2.24) is 14.7 Å². The molecule has 1 amide bonds. The molecule has 0 radical (unpaired) electrons. The number of anilines is 1. The van der Waals surface area contributed by atoms with E-state index in [-0.39, 0.29) is 12.5 Å². The maximum atomic E-state index is 12.0. The van der Waals surface area contributed by atoms with Crippen LogP contribution in [0.2, 0.25) is 0 Å². The summed E-state index contributed by atoms with van der Waals surface area (Å²) in [7, 11) is 0. The first-order chi connectivity index (χ1) is 7.56. The number of rotatable bonds is 2. The van der Waals surface area contributed by atoms with Gasteiger partial charge in [0.05, 0.1) is 11.9 Å². The van der Waals surface area contributed by atoms with Crippen molar-refractivity contribution in [3.05, 3.63) is 12.4 Å². The molecule has 2 N–H and O–H groups in total. The van der Waals surface area contributed by atoms with Crippen LogP contribution in [0.5, 0.6) is 0 Å². The molecule has 2 unspecified atom stereocenters. The van der Waals surface area contributed by atoms with Crippen molar-refractivity contribution in [1.29, 1.82) is 0 Å². The lowest BCUT2D eigenvalue weighted by atomic mass is 10.1. The number of carbonyl (C=O) groups is 1. The SMILES string of the molecule is CC1CC(C)N(C(=O)Cn2cc(N)cn2)C1. The second-order valence-electron chi connectivity index (χ2n) is 4.71. The molecule has 1 aliphatic heterocycles. The minimum atomic E-state index is 0.125. The van der Waals surface area contributed by atoms with Crippen molar-refractivity contribution in [3.63, 3.8) is 0 Å². The first-order valence-electron chi connectivity index (χ1n) is 5.63. The van der Waals surface area contributed by atoms with Crippen molar-refractivity contribution in [2.75, 3.05) is 12.3 Å². The highest BCUT2D eigenvalue weighted by atomic mass is 16.2. The summed E-state index contributed by atoms with van der Waals surface area (Å²) in [6, 6.07) is 0.343. The van der Waals surface area contributed by atoms with Crippen LogP contribution in [0, 0.1) is 5.92 Å². The summed E-state index contributed by atoms with van der Waals surface area (Å²) < 4.78 is 1.59. The molecule has 0 bridgehead atoms. The number of nitrogens with zero attached hydrogens (tertiary/aromatic N) is 3. The van der Waals surface area contributed by atoms with Crippen molar-refractivity contribution in [2.45, 2.75) is 32.9 Å². The van der Waals surface area contributed by atoms with Gasteiger partial charge in [0, 0.05) is 18.8 Å². The molecular weight excluding hydrogens is 204 g/mol. The van der Waals surface area contributed by atoms with Crippen LogP contribution in [0.3, 0.4) is 0 Å². The highest BCUT2D eigenvalue weighted by Gasteiger charge is 2.29. The van der Waals surface area contributed by atoms with E-state index >= 15 is 0 Å². The molecule has 2 rings (SSSR count). The van der Waals surface area contributed by atoms with Gasteiger partial charge in [0.1, 0.15) is 6.54 Å². The Balaban J connectivity index is 1.98. The molecule has 5 heteroatoms. The Morgan fingerprint density at radius 2 is 2.38 bits per heavy atom. The van der Waals surface area contributed by atoms with Crippen LogP contribution in [-0.4, -0.2) is 33.2 Å². The fraction of sp³-hybridized carbons (Fsp3) is 0.636. The van der Waals surface area contributed by atoms with E-state index < -0.39 is 0 Å². The predicted molar refractivity (Wildman–Crippen MR) is 61.6 cm³/mol. The van der Waals surface area contributed by atoms with Gasteiger partial charge in [-0.25, -0.2) is 0 Å². The average Bonchev–Trinajstić information content (AvgIpc) is 2.73. The third kappa shape index (κ3) is 2.18. The summed E-state index contributed by atoms with van der Waals surface area (Å²) in [6.45, 7) is 5.42. The molecule has 1 aromatic heterocycles. The Bertz CT molecular complexity index is 387. The molecule has 88 valence electrons. The number of nitrogen functional groups attached to an aromatic ring is 1. The topological polar surface area (TPSA) is 64.2 Å². The van der Waals surface area contributed by atoms with Crippen LogP contribution >= 0.6 is 0 Å². The molecule has 1 fully saturated rings. The largest absolute Gasteiger partial charge is 0.396 e. The Morgan fingerprint density at radius 1 is 1.62 bits per heavy atom.